The Bertz CT molecular complexity index is 915. The van der Waals surface area contributed by atoms with E-state index in [9.17, 15) is 8.78 Å². The quantitative estimate of drug-likeness (QED) is 0.613. The minimum Gasteiger partial charge on any atom is -0.325 e. The second kappa shape index (κ2) is 8.27. The number of pyridine rings is 2. The molecule has 3 nitrogen and oxygen atoms in total. The molecule has 0 saturated carbocycles. The van der Waals surface area contributed by atoms with Gasteiger partial charge in [-0.2, -0.15) is 11.8 Å². The molecular weight excluding hydrogens is 352 g/mol. The number of halogens is 2. The minimum absolute atomic E-state index is 0.326. The smallest absolute Gasteiger partial charge is 0.149 e. The van der Waals surface area contributed by atoms with E-state index in [4.69, 9.17) is 0 Å². The lowest BCUT2D eigenvalue weighted by Gasteiger charge is -2.12. The van der Waals surface area contributed by atoms with E-state index in [2.05, 4.69) is 15.3 Å². The van der Waals surface area contributed by atoms with E-state index < -0.39 is 5.82 Å². The van der Waals surface area contributed by atoms with Crippen molar-refractivity contribution in [3.8, 4) is 11.1 Å². The van der Waals surface area contributed by atoms with Crippen LogP contribution in [0.4, 0.5) is 20.4 Å². The van der Waals surface area contributed by atoms with Gasteiger partial charge >= 0.3 is 0 Å². The summed E-state index contributed by atoms with van der Waals surface area (Å²) in [6, 6.07) is 9.91. The van der Waals surface area contributed by atoms with Gasteiger partial charge < -0.3 is 5.32 Å². The Morgan fingerprint density at radius 3 is 2.58 bits per heavy atom. The molecule has 6 heteroatoms. The van der Waals surface area contributed by atoms with Crippen molar-refractivity contribution in [2.24, 2.45) is 0 Å². The summed E-state index contributed by atoms with van der Waals surface area (Å²) in [7, 11) is 0. The van der Waals surface area contributed by atoms with Crippen LogP contribution in [0.3, 0.4) is 0 Å². The minimum atomic E-state index is -0.444. The predicted molar refractivity (Wildman–Crippen MR) is 104 cm³/mol. The SMILES string of the molecule is CCc1cc(F)ccc1-c1cc(Nc2cc(CSC)ccn2)ncc1F. The largest absolute Gasteiger partial charge is 0.325 e. The Balaban J connectivity index is 1.95. The van der Waals surface area contributed by atoms with Crippen molar-refractivity contribution < 1.29 is 8.78 Å². The molecule has 0 aliphatic carbocycles. The van der Waals surface area contributed by atoms with E-state index in [-0.39, 0.29) is 5.82 Å². The molecule has 134 valence electrons. The summed E-state index contributed by atoms with van der Waals surface area (Å²) in [6.07, 6.45) is 5.55. The summed E-state index contributed by atoms with van der Waals surface area (Å²) in [4.78, 5) is 8.39. The van der Waals surface area contributed by atoms with Gasteiger partial charge in [0.2, 0.25) is 0 Å². The van der Waals surface area contributed by atoms with Crippen molar-refractivity contribution in [2.75, 3.05) is 11.6 Å². The normalized spacial score (nSPS) is 10.8. The highest BCUT2D eigenvalue weighted by atomic mass is 32.2. The van der Waals surface area contributed by atoms with E-state index in [0.717, 1.165) is 16.9 Å². The van der Waals surface area contributed by atoms with Crippen molar-refractivity contribution in [1.29, 1.82) is 0 Å². The van der Waals surface area contributed by atoms with Crippen LogP contribution in [-0.2, 0) is 12.2 Å². The van der Waals surface area contributed by atoms with Gasteiger partial charge in [-0.05, 0) is 59.7 Å². The summed E-state index contributed by atoms with van der Waals surface area (Å²) < 4.78 is 27.9. The van der Waals surface area contributed by atoms with Gasteiger partial charge in [-0.3, -0.25) is 0 Å². The van der Waals surface area contributed by atoms with E-state index in [1.807, 2.05) is 25.3 Å². The fraction of sp³-hybridized carbons (Fsp3) is 0.200. The molecule has 1 N–H and O–H groups in total. The van der Waals surface area contributed by atoms with Gasteiger partial charge in [0.1, 0.15) is 23.3 Å². The fourth-order valence-corrected chi connectivity index (χ4v) is 3.27. The van der Waals surface area contributed by atoms with Gasteiger partial charge in [0, 0.05) is 17.5 Å². The molecule has 1 aromatic carbocycles. The van der Waals surface area contributed by atoms with Crippen molar-refractivity contribution in [2.45, 2.75) is 19.1 Å². The molecule has 0 spiro atoms. The molecule has 0 unspecified atom stereocenters. The molecule has 0 aliphatic rings. The molecule has 2 aromatic heterocycles. The Labute approximate surface area is 155 Å². The van der Waals surface area contributed by atoms with Crippen molar-refractivity contribution in [3.05, 3.63) is 71.6 Å². The number of aryl methyl sites for hydroxylation is 1. The molecule has 26 heavy (non-hydrogen) atoms. The lowest BCUT2D eigenvalue weighted by Crippen LogP contribution is -1.99. The number of nitrogens with one attached hydrogen (secondary N) is 1. The van der Waals surface area contributed by atoms with Crippen LogP contribution in [0.5, 0.6) is 0 Å². The fourth-order valence-electron chi connectivity index (χ4n) is 2.76. The zero-order chi connectivity index (χ0) is 18.5. The first kappa shape index (κ1) is 18.3. The topological polar surface area (TPSA) is 37.8 Å². The number of nitrogens with zero attached hydrogens (tertiary/aromatic N) is 2. The third kappa shape index (κ3) is 4.19. The molecule has 0 fully saturated rings. The van der Waals surface area contributed by atoms with Gasteiger partial charge in [-0.15, -0.1) is 0 Å². The van der Waals surface area contributed by atoms with Gasteiger partial charge in [0.15, 0.2) is 0 Å². The van der Waals surface area contributed by atoms with E-state index in [1.54, 1.807) is 30.1 Å². The molecular formula is C20H19F2N3S. The highest BCUT2D eigenvalue weighted by Gasteiger charge is 2.12. The first-order valence-electron chi connectivity index (χ1n) is 8.26. The monoisotopic (exact) mass is 371 g/mol. The standard InChI is InChI=1S/C20H19F2N3S/c1-3-14-9-15(21)4-5-16(14)17-10-20(24-11-18(17)22)25-19-8-13(12-26-2)6-7-23-19/h4-11H,3,12H2,1-2H3,(H,23,24,25). The maximum absolute atomic E-state index is 14.4. The summed E-state index contributed by atoms with van der Waals surface area (Å²) in [6.45, 7) is 1.91. The molecule has 0 bridgehead atoms. The second-order valence-electron chi connectivity index (χ2n) is 5.81. The summed E-state index contributed by atoms with van der Waals surface area (Å²) >= 11 is 1.73. The maximum atomic E-state index is 14.4. The van der Waals surface area contributed by atoms with E-state index in [0.29, 0.717) is 29.2 Å². The lowest BCUT2D eigenvalue weighted by molar-refractivity contribution is 0.621. The van der Waals surface area contributed by atoms with E-state index in [1.165, 1.54) is 18.3 Å². The Hall–Kier alpha value is -2.47. The Morgan fingerprint density at radius 1 is 1.00 bits per heavy atom. The number of hydrogen-bond acceptors (Lipinski definition) is 4. The molecule has 2 heterocycles. The van der Waals surface area contributed by atoms with Gasteiger partial charge in [-0.1, -0.05) is 13.0 Å². The predicted octanol–water partition coefficient (Wildman–Crippen LogP) is 5.59. The molecule has 0 atom stereocenters. The summed E-state index contributed by atoms with van der Waals surface area (Å²) in [5.41, 5.74) is 2.95. The van der Waals surface area contributed by atoms with Crippen LogP contribution < -0.4 is 5.32 Å². The van der Waals surface area contributed by atoms with Crippen LogP contribution in [-0.4, -0.2) is 16.2 Å². The first-order valence-corrected chi connectivity index (χ1v) is 9.65. The summed E-state index contributed by atoms with van der Waals surface area (Å²) in [5, 5.41) is 3.12. The van der Waals surface area contributed by atoms with Gasteiger partial charge in [0.25, 0.3) is 0 Å². The van der Waals surface area contributed by atoms with Crippen LogP contribution in [0.1, 0.15) is 18.1 Å². The number of aromatic nitrogens is 2. The van der Waals surface area contributed by atoms with Crippen molar-refractivity contribution >= 4 is 23.4 Å². The highest BCUT2D eigenvalue weighted by Crippen LogP contribution is 2.29. The molecule has 0 radical (unpaired) electrons. The number of hydrogen-bond donors (Lipinski definition) is 1. The van der Waals surface area contributed by atoms with Crippen LogP contribution in [0.2, 0.25) is 0 Å². The molecule has 3 rings (SSSR count). The lowest BCUT2D eigenvalue weighted by atomic mass is 9.98. The van der Waals surface area contributed by atoms with Crippen molar-refractivity contribution in [1.82, 2.24) is 9.97 Å². The van der Waals surface area contributed by atoms with Crippen molar-refractivity contribution in [3.63, 3.8) is 0 Å². The van der Waals surface area contributed by atoms with Crippen LogP contribution in [0, 0.1) is 11.6 Å². The zero-order valence-electron chi connectivity index (χ0n) is 14.6. The second-order valence-corrected chi connectivity index (χ2v) is 6.68. The Kier molecular flexibility index (Phi) is 5.83. The number of anilines is 2. The Morgan fingerprint density at radius 2 is 1.81 bits per heavy atom. The summed E-state index contributed by atoms with van der Waals surface area (Å²) in [5.74, 6) is 1.25. The average molecular weight is 371 g/mol. The third-order valence-corrected chi connectivity index (χ3v) is 4.61. The highest BCUT2D eigenvalue weighted by molar-refractivity contribution is 7.97. The van der Waals surface area contributed by atoms with E-state index >= 15 is 0 Å². The maximum Gasteiger partial charge on any atom is 0.149 e. The van der Waals surface area contributed by atoms with Crippen LogP contribution in [0.15, 0.2) is 48.8 Å². The number of rotatable bonds is 6. The molecule has 0 aliphatic heterocycles. The van der Waals surface area contributed by atoms with Gasteiger partial charge in [-0.25, -0.2) is 18.7 Å². The number of benzene rings is 1. The third-order valence-electron chi connectivity index (χ3n) is 3.99. The number of thioether (sulfide) groups is 1. The van der Waals surface area contributed by atoms with Crippen LogP contribution in [0.25, 0.3) is 11.1 Å². The molecule has 0 saturated heterocycles. The van der Waals surface area contributed by atoms with Gasteiger partial charge in [0.05, 0.1) is 6.20 Å². The van der Waals surface area contributed by atoms with Crippen LogP contribution >= 0.6 is 11.8 Å². The molecule has 3 aromatic rings. The first-order chi connectivity index (χ1) is 12.6. The average Bonchev–Trinajstić information content (AvgIpc) is 2.64. The zero-order valence-corrected chi connectivity index (χ0v) is 15.4. The molecule has 0 amide bonds.